The van der Waals surface area contributed by atoms with Crippen LogP contribution in [0.3, 0.4) is 0 Å². The normalized spacial score (nSPS) is 11.9. The molecule has 0 aliphatic carbocycles. The van der Waals surface area contributed by atoms with Crippen LogP contribution in [-0.2, 0) is 0 Å². The number of aryl methyl sites for hydroxylation is 1. The summed E-state index contributed by atoms with van der Waals surface area (Å²) in [5, 5.41) is 7.11. The van der Waals surface area contributed by atoms with Crippen molar-refractivity contribution in [2.24, 2.45) is 0 Å². The molecule has 0 radical (unpaired) electrons. The Balaban J connectivity index is 1.36. The molecule has 6 aromatic carbocycles. The largest absolute Gasteiger partial charge is 0.455 e. The number of hydrogen-bond acceptors (Lipinski definition) is 2. The summed E-state index contributed by atoms with van der Waals surface area (Å²) < 4.78 is 8.70. The number of benzene rings is 6. The molecule has 2 aromatic heterocycles. The van der Waals surface area contributed by atoms with Crippen LogP contribution in [0.2, 0.25) is 0 Å². The molecule has 0 aliphatic rings. The van der Waals surface area contributed by atoms with Crippen LogP contribution in [0, 0.1) is 6.92 Å². The molecule has 8 aromatic rings. The number of fused-ring (bicyclic) bond motifs is 6. The van der Waals surface area contributed by atoms with Gasteiger partial charge in [0.2, 0.25) is 0 Å². The van der Waals surface area contributed by atoms with Gasteiger partial charge in [0, 0.05) is 22.0 Å². The zero-order valence-electron chi connectivity index (χ0n) is 20.3. The SMILES string of the molecule is Cc1nc2ccccc2n1-c1ccc2cc(-c3c4ccccc4cc4c3oc3ccccc34)ccc2c1. The van der Waals surface area contributed by atoms with E-state index >= 15 is 0 Å². The van der Waals surface area contributed by atoms with E-state index in [1.54, 1.807) is 0 Å². The maximum absolute atomic E-state index is 6.47. The fourth-order valence-corrected chi connectivity index (χ4v) is 5.81. The summed E-state index contributed by atoms with van der Waals surface area (Å²) in [4.78, 5) is 4.75. The van der Waals surface area contributed by atoms with Crippen LogP contribution >= 0.6 is 0 Å². The molecule has 174 valence electrons. The van der Waals surface area contributed by atoms with Gasteiger partial charge in [-0.15, -0.1) is 0 Å². The molecule has 3 nitrogen and oxygen atoms in total. The lowest BCUT2D eigenvalue weighted by Gasteiger charge is -2.12. The fraction of sp³-hybridized carbons (Fsp3) is 0.0294. The maximum atomic E-state index is 6.47. The summed E-state index contributed by atoms with van der Waals surface area (Å²) in [6, 6.07) is 40.8. The molecule has 8 rings (SSSR count). The molecule has 0 spiro atoms. The van der Waals surface area contributed by atoms with Crippen LogP contribution in [-0.4, -0.2) is 9.55 Å². The van der Waals surface area contributed by atoms with Crippen LogP contribution in [0.15, 0.2) is 120 Å². The number of nitrogens with zero attached hydrogens (tertiary/aromatic N) is 2. The van der Waals surface area contributed by atoms with E-state index in [0.29, 0.717) is 0 Å². The summed E-state index contributed by atoms with van der Waals surface area (Å²) in [5.74, 6) is 0.986. The molecule has 0 aliphatic heterocycles. The minimum atomic E-state index is 0.919. The summed E-state index contributed by atoms with van der Waals surface area (Å²) in [6.45, 7) is 2.06. The van der Waals surface area contributed by atoms with Gasteiger partial charge in [0.25, 0.3) is 0 Å². The Morgan fingerprint density at radius 1 is 0.622 bits per heavy atom. The third-order valence-electron chi connectivity index (χ3n) is 7.49. The first-order valence-corrected chi connectivity index (χ1v) is 12.6. The Kier molecular flexibility index (Phi) is 4.15. The lowest BCUT2D eigenvalue weighted by molar-refractivity contribution is 0.670. The van der Waals surface area contributed by atoms with Crippen LogP contribution in [0.4, 0.5) is 0 Å². The Morgan fingerprint density at radius 2 is 1.38 bits per heavy atom. The minimum Gasteiger partial charge on any atom is -0.455 e. The molecule has 0 unspecified atom stereocenters. The Labute approximate surface area is 213 Å². The predicted molar refractivity (Wildman–Crippen MR) is 154 cm³/mol. The quantitative estimate of drug-likeness (QED) is 0.250. The van der Waals surface area contributed by atoms with Crippen molar-refractivity contribution in [2.75, 3.05) is 0 Å². The Morgan fingerprint density at radius 3 is 2.32 bits per heavy atom. The van der Waals surface area contributed by atoms with Crippen molar-refractivity contribution in [1.82, 2.24) is 9.55 Å². The molecular formula is C34H22N2O. The molecule has 0 fully saturated rings. The average Bonchev–Trinajstić information content (AvgIpc) is 3.47. The number of para-hydroxylation sites is 3. The van der Waals surface area contributed by atoms with Crippen LogP contribution < -0.4 is 0 Å². The monoisotopic (exact) mass is 474 g/mol. The van der Waals surface area contributed by atoms with Crippen molar-refractivity contribution >= 4 is 54.5 Å². The van der Waals surface area contributed by atoms with E-state index in [2.05, 4.69) is 109 Å². The number of aromatic nitrogens is 2. The minimum absolute atomic E-state index is 0.919. The molecule has 0 amide bonds. The average molecular weight is 475 g/mol. The number of hydrogen-bond donors (Lipinski definition) is 0. The van der Waals surface area contributed by atoms with Gasteiger partial charge >= 0.3 is 0 Å². The van der Waals surface area contributed by atoms with Crippen LogP contribution in [0.1, 0.15) is 5.82 Å². The van der Waals surface area contributed by atoms with E-state index in [1.807, 2.05) is 18.2 Å². The third-order valence-corrected chi connectivity index (χ3v) is 7.49. The molecule has 0 N–H and O–H groups in total. The highest BCUT2D eigenvalue weighted by atomic mass is 16.3. The summed E-state index contributed by atoms with van der Waals surface area (Å²) in [6.07, 6.45) is 0. The van der Waals surface area contributed by atoms with Gasteiger partial charge in [-0.2, -0.15) is 0 Å². The lowest BCUT2D eigenvalue weighted by atomic mass is 9.93. The number of imidazole rings is 1. The van der Waals surface area contributed by atoms with Gasteiger partial charge in [-0.05, 0) is 76.5 Å². The topological polar surface area (TPSA) is 31.0 Å². The molecule has 0 atom stereocenters. The molecular weight excluding hydrogens is 452 g/mol. The van der Waals surface area contributed by atoms with Crippen molar-refractivity contribution in [1.29, 1.82) is 0 Å². The van der Waals surface area contributed by atoms with Crippen molar-refractivity contribution in [3.8, 4) is 16.8 Å². The highest BCUT2D eigenvalue weighted by molar-refractivity contribution is 6.18. The number of rotatable bonds is 2. The zero-order valence-corrected chi connectivity index (χ0v) is 20.3. The molecule has 0 saturated carbocycles. The summed E-state index contributed by atoms with van der Waals surface area (Å²) >= 11 is 0. The molecule has 2 heterocycles. The van der Waals surface area contributed by atoms with E-state index in [-0.39, 0.29) is 0 Å². The van der Waals surface area contributed by atoms with Gasteiger partial charge < -0.3 is 4.42 Å². The van der Waals surface area contributed by atoms with Gasteiger partial charge in [-0.1, -0.05) is 72.8 Å². The van der Waals surface area contributed by atoms with E-state index < -0.39 is 0 Å². The second kappa shape index (κ2) is 7.55. The Hall–Kier alpha value is -4.89. The molecule has 0 saturated heterocycles. The first-order valence-electron chi connectivity index (χ1n) is 12.6. The zero-order chi connectivity index (χ0) is 24.5. The predicted octanol–water partition coefficient (Wildman–Crippen LogP) is 9.21. The second-order valence-electron chi connectivity index (χ2n) is 9.68. The summed E-state index contributed by atoms with van der Waals surface area (Å²) in [7, 11) is 0. The smallest absolute Gasteiger partial charge is 0.143 e. The van der Waals surface area contributed by atoms with Crippen molar-refractivity contribution in [3.05, 3.63) is 121 Å². The maximum Gasteiger partial charge on any atom is 0.143 e. The third kappa shape index (κ3) is 2.98. The van der Waals surface area contributed by atoms with Crippen molar-refractivity contribution < 1.29 is 4.42 Å². The fourth-order valence-electron chi connectivity index (χ4n) is 5.81. The van der Waals surface area contributed by atoms with Crippen LogP contribution in [0.5, 0.6) is 0 Å². The molecule has 3 heteroatoms. The highest BCUT2D eigenvalue weighted by Gasteiger charge is 2.17. The Bertz CT molecular complexity index is 2160. The van der Waals surface area contributed by atoms with Crippen molar-refractivity contribution in [2.45, 2.75) is 6.92 Å². The van der Waals surface area contributed by atoms with Gasteiger partial charge in [-0.25, -0.2) is 4.98 Å². The molecule has 0 bridgehead atoms. The first-order chi connectivity index (χ1) is 18.2. The van der Waals surface area contributed by atoms with Crippen LogP contribution in [0.25, 0.3) is 71.3 Å². The van der Waals surface area contributed by atoms with E-state index in [1.165, 1.54) is 21.5 Å². The second-order valence-corrected chi connectivity index (χ2v) is 9.68. The van der Waals surface area contributed by atoms with Gasteiger partial charge in [0.1, 0.15) is 17.0 Å². The van der Waals surface area contributed by atoms with Gasteiger partial charge in [0.05, 0.1) is 11.0 Å². The number of furan rings is 1. The van der Waals surface area contributed by atoms with E-state index in [4.69, 9.17) is 9.40 Å². The van der Waals surface area contributed by atoms with Gasteiger partial charge in [0.15, 0.2) is 0 Å². The van der Waals surface area contributed by atoms with E-state index in [9.17, 15) is 0 Å². The molecule has 37 heavy (non-hydrogen) atoms. The lowest BCUT2D eigenvalue weighted by Crippen LogP contribution is -1.96. The van der Waals surface area contributed by atoms with E-state index in [0.717, 1.165) is 55.6 Å². The van der Waals surface area contributed by atoms with Gasteiger partial charge in [-0.3, -0.25) is 4.57 Å². The highest BCUT2D eigenvalue weighted by Crippen LogP contribution is 2.41. The first kappa shape index (κ1) is 20.3. The standard InChI is InChI=1S/C34H22N2O/c1-21-35-30-11-5-6-12-31(30)36(21)26-17-16-22-18-25(15-14-23(22)19-26)33-27-9-3-2-8-24(27)20-29-28-10-4-7-13-32(28)37-34(29)33/h2-20H,1H3. The van der Waals surface area contributed by atoms with Crippen molar-refractivity contribution in [3.63, 3.8) is 0 Å². The summed E-state index contributed by atoms with van der Waals surface area (Å²) in [5.41, 5.74) is 7.42.